The molecule has 0 heterocycles. The van der Waals surface area contributed by atoms with Gasteiger partial charge in [0.05, 0.1) is 6.04 Å². The van der Waals surface area contributed by atoms with Gasteiger partial charge in [-0.25, -0.2) is 0 Å². The monoisotopic (exact) mass is 143 g/mol. The highest BCUT2D eigenvalue weighted by Gasteiger charge is 2.08. The van der Waals surface area contributed by atoms with Gasteiger partial charge in [0.1, 0.15) is 5.78 Å². The van der Waals surface area contributed by atoms with E-state index in [4.69, 9.17) is 0 Å². The molecule has 0 aliphatic heterocycles. The van der Waals surface area contributed by atoms with E-state index in [9.17, 15) is 4.79 Å². The molecule has 0 radical (unpaired) electrons. The third-order valence-electron chi connectivity index (χ3n) is 1.69. The van der Waals surface area contributed by atoms with Crippen LogP contribution in [0.4, 0.5) is 0 Å². The minimum atomic E-state index is 0.0833. The molecule has 1 atom stereocenters. The lowest BCUT2D eigenvalue weighted by Gasteiger charge is -2.10. The van der Waals surface area contributed by atoms with Crippen molar-refractivity contribution in [3.05, 3.63) is 0 Å². The van der Waals surface area contributed by atoms with Gasteiger partial charge in [-0.3, -0.25) is 4.79 Å². The quantitative estimate of drug-likeness (QED) is 0.629. The van der Waals surface area contributed by atoms with Crippen molar-refractivity contribution in [1.29, 1.82) is 0 Å². The van der Waals surface area contributed by atoms with Crippen LogP contribution < -0.4 is 5.32 Å². The summed E-state index contributed by atoms with van der Waals surface area (Å²) in [5.74, 6) is 0.246. The molecule has 1 N–H and O–H groups in total. The Balaban J connectivity index is 3.50. The Hall–Kier alpha value is -0.370. The SMILES string of the molecule is CCCCC(NC)C(C)=O. The van der Waals surface area contributed by atoms with Crippen LogP contribution in [0.1, 0.15) is 33.1 Å². The molecule has 1 unspecified atom stereocenters. The second-order valence-corrected chi connectivity index (χ2v) is 2.59. The summed E-state index contributed by atoms with van der Waals surface area (Å²) in [7, 11) is 1.84. The number of nitrogens with one attached hydrogen (secondary N) is 1. The van der Waals surface area contributed by atoms with E-state index in [1.54, 1.807) is 6.92 Å². The van der Waals surface area contributed by atoms with Crippen molar-refractivity contribution in [2.24, 2.45) is 0 Å². The first-order valence-corrected chi connectivity index (χ1v) is 3.90. The van der Waals surface area contributed by atoms with Gasteiger partial charge in [0.2, 0.25) is 0 Å². The van der Waals surface area contributed by atoms with E-state index >= 15 is 0 Å². The van der Waals surface area contributed by atoms with Gasteiger partial charge in [0, 0.05) is 0 Å². The number of rotatable bonds is 5. The maximum atomic E-state index is 10.8. The van der Waals surface area contributed by atoms with Crippen LogP contribution in [0.5, 0.6) is 0 Å². The molecule has 0 aliphatic rings. The zero-order chi connectivity index (χ0) is 7.98. The maximum Gasteiger partial charge on any atom is 0.146 e. The van der Waals surface area contributed by atoms with Gasteiger partial charge in [-0.1, -0.05) is 19.8 Å². The van der Waals surface area contributed by atoms with Gasteiger partial charge in [-0.15, -0.1) is 0 Å². The molecule has 10 heavy (non-hydrogen) atoms. The van der Waals surface area contributed by atoms with Crippen LogP contribution in [0.2, 0.25) is 0 Å². The van der Waals surface area contributed by atoms with E-state index in [0.717, 1.165) is 19.3 Å². The number of likely N-dealkylation sites (N-methyl/N-ethyl adjacent to an activating group) is 1. The molecule has 2 heteroatoms. The minimum Gasteiger partial charge on any atom is -0.311 e. The lowest BCUT2D eigenvalue weighted by Crippen LogP contribution is -2.31. The fraction of sp³-hybridized carbons (Fsp3) is 0.875. The Labute approximate surface area is 63.0 Å². The average Bonchev–Trinajstić information content (AvgIpc) is 1.89. The molecule has 0 saturated heterocycles. The number of carbonyl (C=O) groups is 1. The third kappa shape index (κ3) is 3.62. The van der Waals surface area contributed by atoms with Crippen LogP contribution in [-0.4, -0.2) is 18.9 Å². The Morgan fingerprint density at radius 3 is 2.50 bits per heavy atom. The van der Waals surface area contributed by atoms with Crippen molar-refractivity contribution in [2.75, 3.05) is 7.05 Å². The summed E-state index contributed by atoms with van der Waals surface area (Å²) in [4.78, 5) is 10.8. The summed E-state index contributed by atoms with van der Waals surface area (Å²) in [5.41, 5.74) is 0. The number of Topliss-reactive ketones (excluding diaryl/α,β-unsaturated/α-hetero) is 1. The Bertz CT molecular complexity index is 101. The summed E-state index contributed by atoms with van der Waals surface area (Å²) in [6.45, 7) is 3.77. The van der Waals surface area contributed by atoms with E-state index in [2.05, 4.69) is 12.2 Å². The van der Waals surface area contributed by atoms with Gasteiger partial charge >= 0.3 is 0 Å². The lowest BCUT2D eigenvalue weighted by atomic mass is 10.1. The molecule has 0 spiro atoms. The summed E-state index contributed by atoms with van der Waals surface area (Å²) < 4.78 is 0. The molecule has 0 aromatic heterocycles. The first-order chi connectivity index (χ1) is 4.72. The number of carbonyl (C=O) groups excluding carboxylic acids is 1. The number of hydrogen-bond acceptors (Lipinski definition) is 2. The molecule has 0 amide bonds. The molecular weight excluding hydrogens is 126 g/mol. The van der Waals surface area contributed by atoms with Crippen LogP contribution >= 0.6 is 0 Å². The van der Waals surface area contributed by atoms with Crippen molar-refractivity contribution in [3.8, 4) is 0 Å². The molecule has 0 aromatic rings. The highest BCUT2D eigenvalue weighted by atomic mass is 16.1. The van der Waals surface area contributed by atoms with Crippen LogP contribution in [0.15, 0.2) is 0 Å². The standard InChI is InChI=1S/C8H17NO/c1-4-5-6-8(9-3)7(2)10/h8-9H,4-6H2,1-3H3. The van der Waals surface area contributed by atoms with E-state index in [1.165, 1.54) is 0 Å². The molecule has 0 aliphatic carbocycles. The topological polar surface area (TPSA) is 29.1 Å². The first-order valence-electron chi connectivity index (χ1n) is 3.90. The van der Waals surface area contributed by atoms with Gasteiger partial charge in [-0.2, -0.15) is 0 Å². The summed E-state index contributed by atoms with van der Waals surface area (Å²) >= 11 is 0. The second kappa shape index (κ2) is 5.42. The second-order valence-electron chi connectivity index (χ2n) is 2.59. The molecule has 2 nitrogen and oxygen atoms in total. The smallest absolute Gasteiger partial charge is 0.146 e. The fourth-order valence-corrected chi connectivity index (χ4v) is 0.959. The van der Waals surface area contributed by atoms with Gasteiger partial charge < -0.3 is 5.32 Å². The van der Waals surface area contributed by atoms with Crippen LogP contribution in [0.25, 0.3) is 0 Å². The van der Waals surface area contributed by atoms with Crippen molar-refractivity contribution in [1.82, 2.24) is 5.32 Å². The van der Waals surface area contributed by atoms with Gasteiger partial charge in [0.25, 0.3) is 0 Å². The maximum absolute atomic E-state index is 10.8. The zero-order valence-corrected chi connectivity index (χ0v) is 7.11. The van der Waals surface area contributed by atoms with Crippen molar-refractivity contribution < 1.29 is 4.79 Å². The van der Waals surface area contributed by atoms with E-state index in [0.29, 0.717) is 0 Å². The number of ketones is 1. The summed E-state index contributed by atoms with van der Waals surface area (Å²) in [6.07, 6.45) is 3.26. The summed E-state index contributed by atoms with van der Waals surface area (Å²) in [6, 6.07) is 0.0833. The molecule has 60 valence electrons. The van der Waals surface area contributed by atoms with E-state index < -0.39 is 0 Å². The van der Waals surface area contributed by atoms with Crippen molar-refractivity contribution in [2.45, 2.75) is 39.2 Å². The number of unbranched alkanes of at least 4 members (excludes halogenated alkanes) is 1. The molecule has 0 bridgehead atoms. The van der Waals surface area contributed by atoms with E-state index in [-0.39, 0.29) is 11.8 Å². The predicted molar refractivity (Wildman–Crippen MR) is 43.1 cm³/mol. The molecule has 0 aromatic carbocycles. The Morgan fingerprint density at radius 2 is 2.20 bits per heavy atom. The van der Waals surface area contributed by atoms with Crippen LogP contribution in [0, 0.1) is 0 Å². The fourth-order valence-electron chi connectivity index (χ4n) is 0.959. The third-order valence-corrected chi connectivity index (χ3v) is 1.69. The Morgan fingerprint density at radius 1 is 1.60 bits per heavy atom. The minimum absolute atomic E-state index is 0.0833. The normalized spacial score (nSPS) is 13.1. The molecule has 0 rings (SSSR count). The first kappa shape index (κ1) is 9.63. The predicted octanol–water partition coefficient (Wildman–Crippen LogP) is 1.35. The van der Waals surface area contributed by atoms with Crippen LogP contribution in [-0.2, 0) is 4.79 Å². The van der Waals surface area contributed by atoms with Gasteiger partial charge in [0.15, 0.2) is 0 Å². The van der Waals surface area contributed by atoms with Gasteiger partial charge in [-0.05, 0) is 20.4 Å². The van der Waals surface area contributed by atoms with Crippen molar-refractivity contribution >= 4 is 5.78 Å². The highest BCUT2D eigenvalue weighted by Crippen LogP contribution is 2.00. The Kier molecular flexibility index (Phi) is 5.22. The molecule has 0 fully saturated rings. The van der Waals surface area contributed by atoms with Crippen LogP contribution in [0.3, 0.4) is 0 Å². The number of hydrogen-bond donors (Lipinski definition) is 1. The van der Waals surface area contributed by atoms with E-state index in [1.807, 2.05) is 7.05 Å². The lowest BCUT2D eigenvalue weighted by molar-refractivity contribution is -0.119. The summed E-state index contributed by atoms with van der Waals surface area (Å²) in [5, 5.41) is 2.99. The highest BCUT2D eigenvalue weighted by molar-refractivity contribution is 5.81. The molecule has 0 saturated carbocycles. The average molecular weight is 143 g/mol. The molecular formula is C8H17NO. The largest absolute Gasteiger partial charge is 0.311 e. The van der Waals surface area contributed by atoms with Crippen molar-refractivity contribution in [3.63, 3.8) is 0 Å². The zero-order valence-electron chi connectivity index (χ0n) is 7.11.